The number of nitrogens with zero attached hydrogens (tertiary/aromatic N) is 4. The van der Waals surface area contributed by atoms with E-state index in [4.69, 9.17) is 4.74 Å². The van der Waals surface area contributed by atoms with Gasteiger partial charge in [-0.1, -0.05) is 12.1 Å². The molecule has 9 nitrogen and oxygen atoms in total. The Morgan fingerprint density at radius 2 is 1.89 bits per heavy atom. The van der Waals surface area contributed by atoms with Crippen LogP contribution in [0.4, 0.5) is 14.9 Å². The highest BCUT2D eigenvalue weighted by atomic mass is 32.2. The SMILES string of the molecule is CS(=O)(=O)OC[C@H]1CN(c2ccc(-n3nc4ccccc4n3)c(F)c2)C(=O)O1. The van der Waals surface area contributed by atoms with Crippen LogP contribution in [0, 0.1) is 5.82 Å². The number of cyclic esters (lactones) is 1. The molecule has 0 aliphatic carbocycles. The summed E-state index contributed by atoms with van der Waals surface area (Å²) in [5, 5.41) is 8.46. The summed E-state index contributed by atoms with van der Waals surface area (Å²) >= 11 is 0. The summed E-state index contributed by atoms with van der Waals surface area (Å²) < 4.78 is 46.5. The van der Waals surface area contributed by atoms with Gasteiger partial charge in [0.15, 0.2) is 5.82 Å². The molecule has 1 aromatic heterocycles. The van der Waals surface area contributed by atoms with E-state index in [2.05, 4.69) is 14.4 Å². The summed E-state index contributed by atoms with van der Waals surface area (Å²) in [5.74, 6) is -0.624. The number of benzene rings is 2. The number of rotatable bonds is 5. The third-order valence-electron chi connectivity index (χ3n) is 4.09. The summed E-state index contributed by atoms with van der Waals surface area (Å²) in [7, 11) is -3.65. The highest BCUT2D eigenvalue weighted by molar-refractivity contribution is 7.85. The largest absolute Gasteiger partial charge is 0.441 e. The molecular weight excluding hydrogens is 391 g/mol. The van der Waals surface area contributed by atoms with Crippen molar-refractivity contribution in [2.75, 3.05) is 24.3 Å². The van der Waals surface area contributed by atoms with E-state index in [1.54, 1.807) is 12.1 Å². The van der Waals surface area contributed by atoms with Gasteiger partial charge in [0, 0.05) is 6.07 Å². The Balaban J connectivity index is 1.55. The number of carbonyl (C=O) groups excluding carboxylic acids is 1. The highest BCUT2D eigenvalue weighted by Crippen LogP contribution is 2.25. The second-order valence-corrected chi connectivity index (χ2v) is 7.86. The van der Waals surface area contributed by atoms with Crippen LogP contribution in [0.2, 0.25) is 0 Å². The van der Waals surface area contributed by atoms with Crippen LogP contribution >= 0.6 is 0 Å². The first-order chi connectivity index (χ1) is 13.3. The molecule has 0 unspecified atom stereocenters. The Hall–Kier alpha value is -3.05. The number of hydrogen-bond donors (Lipinski definition) is 0. The second-order valence-electron chi connectivity index (χ2n) is 6.22. The second kappa shape index (κ2) is 6.84. The minimum absolute atomic E-state index is 0.0387. The molecule has 0 radical (unpaired) electrons. The van der Waals surface area contributed by atoms with Crippen molar-refractivity contribution < 1.29 is 26.5 Å². The van der Waals surface area contributed by atoms with Crippen molar-refractivity contribution in [3.63, 3.8) is 0 Å². The molecule has 11 heteroatoms. The first-order valence-corrected chi connectivity index (χ1v) is 10.1. The molecule has 3 aromatic rings. The predicted molar refractivity (Wildman–Crippen MR) is 97.2 cm³/mol. The van der Waals surface area contributed by atoms with Crippen molar-refractivity contribution in [2.45, 2.75) is 6.10 Å². The summed E-state index contributed by atoms with van der Waals surface area (Å²) in [6.45, 7) is -0.261. The van der Waals surface area contributed by atoms with Gasteiger partial charge in [0.05, 0.1) is 18.5 Å². The molecule has 1 aliphatic rings. The normalized spacial score (nSPS) is 17.3. The van der Waals surface area contributed by atoms with E-state index < -0.39 is 28.1 Å². The lowest BCUT2D eigenvalue weighted by Crippen LogP contribution is -2.26. The third kappa shape index (κ3) is 3.66. The molecule has 1 fully saturated rings. The first kappa shape index (κ1) is 18.3. The molecular formula is C17H15FN4O5S. The lowest BCUT2D eigenvalue weighted by Gasteiger charge is -2.14. The Kier molecular flexibility index (Phi) is 4.47. The highest BCUT2D eigenvalue weighted by Gasteiger charge is 2.33. The molecule has 0 spiro atoms. The van der Waals surface area contributed by atoms with Crippen LogP contribution in [0.25, 0.3) is 16.7 Å². The Morgan fingerprint density at radius 3 is 2.50 bits per heavy atom. The van der Waals surface area contributed by atoms with Crippen LogP contribution in [0.5, 0.6) is 0 Å². The first-order valence-electron chi connectivity index (χ1n) is 8.25. The minimum atomic E-state index is -3.65. The van der Waals surface area contributed by atoms with Gasteiger partial charge in [0.25, 0.3) is 10.1 Å². The molecule has 4 rings (SSSR count). The molecule has 0 bridgehead atoms. The molecule has 1 atom stereocenters. The Bertz CT molecular complexity index is 1130. The van der Waals surface area contributed by atoms with Crippen LogP contribution in [-0.4, -0.2) is 55.0 Å². The molecule has 2 aromatic carbocycles. The zero-order valence-corrected chi connectivity index (χ0v) is 15.5. The average Bonchev–Trinajstić information content (AvgIpc) is 3.22. The fourth-order valence-corrected chi connectivity index (χ4v) is 3.21. The molecule has 28 heavy (non-hydrogen) atoms. The number of amides is 1. The van der Waals surface area contributed by atoms with Gasteiger partial charge in [-0.25, -0.2) is 9.18 Å². The third-order valence-corrected chi connectivity index (χ3v) is 4.65. The van der Waals surface area contributed by atoms with Gasteiger partial charge >= 0.3 is 6.09 Å². The van der Waals surface area contributed by atoms with Gasteiger partial charge in [-0.2, -0.15) is 8.42 Å². The number of aromatic nitrogens is 3. The van der Waals surface area contributed by atoms with Crippen LogP contribution in [-0.2, 0) is 19.0 Å². The quantitative estimate of drug-likeness (QED) is 0.596. The average molecular weight is 406 g/mol. The number of anilines is 1. The standard InChI is InChI=1S/C17H15FN4O5S/c1-28(24,25)26-10-12-9-21(17(23)27-12)11-6-7-16(13(18)8-11)22-19-14-4-2-3-5-15(14)20-22/h2-8,12H,9-10H2,1H3/t12-/m1/s1. The van der Waals surface area contributed by atoms with Crippen LogP contribution in [0.15, 0.2) is 42.5 Å². The van der Waals surface area contributed by atoms with Gasteiger partial charge < -0.3 is 4.74 Å². The molecule has 0 saturated carbocycles. The van der Waals surface area contributed by atoms with Crippen LogP contribution in [0.1, 0.15) is 0 Å². The van der Waals surface area contributed by atoms with Crippen molar-refractivity contribution in [2.24, 2.45) is 0 Å². The van der Waals surface area contributed by atoms with E-state index in [0.29, 0.717) is 11.0 Å². The zero-order chi connectivity index (χ0) is 19.9. The predicted octanol–water partition coefficient (Wildman–Crippen LogP) is 1.86. The van der Waals surface area contributed by atoms with Gasteiger partial charge in [-0.3, -0.25) is 9.08 Å². The molecule has 1 saturated heterocycles. The van der Waals surface area contributed by atoms with Gasteiger partial charge in [0.1, 0.15) is 29.4 Å². The van der Waals surface area contributed by atoms with E-state index in [1.165, 1.54) is 27.9 Å². The Morgan fingerprint density at radius 1 is 1.21 bits per heavy atom. The number of ether oxygens (including phenoxy) is 1. The maximum absolute atomic E-state index is 14.7. The van der Waals surface area contributed by atoms with Gasteiger partial charge in [-0.15, -0.1) is 15.0 Å². The molecule has 2 heterocycles. The molecule has 0 N–H and O–H groups in total. The smallest absolute Gasteiger partial charge is 0.414 e. The fraction of sp³-hybridized carbons (Fsp3) is 0.235. The van der Waals surface area contributed by atoms with E-state index in [0.717, 1.165) is 6.26 Å². The number of halogens is 1. The number of fused-ring (bicyclic) bond motifs is 1. The lowest BCUT2D eigenvalue weighted by atomic mass is 10.2. The Labute approximate surface area is 159 Å². The minimum Gasteiger partial charge on any atom is -0.441 e. The van der Waals surface area contributed by atoms with Crippen LogP contribution < -0.4 is 4.90 Å². The fourth-order valence-electron chi connectivity index (χ4n) is 2.81. The molecule has 1 aliphatic heterocycles. The molecule has 146 valence electrons. The maximum atomic E-state index is 14.7. The zero-order valence-electron chi connectivity index (χ0n) is 14.6. The van der Waals surface area contributed by atoms with E-state index in [9.17, 15) is 17.6 Å². The van der Waals surface area contributed by atoms with E-state index in [-0.39, 0.29) is 24.5 Å². The summed E-state index contributed by atoms with van der Waals surface area (Å²) in [4.78, 5) is 14.4. The number of carbonyl (C=O) groups is 1. The monoisotopic (exact) mass is 406 g/mol. The van der Waals surface area contributed by atoms with Crippen LogP contribution in [0.3, 0.4) is 0 Å². The van der Waals surface area contributed by atoms with E-state index in [1.807, 2.05) is 12.1 Å². The van der Waals surface area contributed by atoms with E-state index >= 15 is 0 Å². The van der Waals surface area contributed by atoms with Gasteiger partial charge in [-0.05, 0) is 24.3 Å². The summed E-state index contributed by atoms with van der Waals surface area (Å²) in [6, 6.07) is 11.3. The summed E-state index contributed by atoms with van der Waals surface area (Å²) in [6.07, 6.45) is -0.581. The lowest BCUT2D eigenvalue weighted by molar-refractivity contribution is 0.107. The maximum Gasteiger partial charge on any atom is 0.414 e. The van der Waals surface area contributed by atoms with Crippen molar-refractivity contribution >= 4 is 32.9 Å². The van der Waals surface area contributed by atoms with Crippen molar-refractivity contribution in [1.29, 1.82) is 0 Å². The van der Waals surface area contributed by atoms with Gasteiger partial charge in [0.2, 0.25) is 0 Å². The topological polar surface area (TPSA) is 104 Å². The van der Waals surface area contributed by atoms with Crippen molar-refractivity contribution in [3.8, 4) is 5.69 Å². The summed E-state index contributed by atoms with van der Waals surface area (Å²) in [5.41, 5.74) is 1.65. The van der Waals surface area contributed by atoms with Crippen molar-refractivity contribution in [1.82, 2.24) is 15.0 Å². The molecule has 1 amide bonds. The van der Waals surface area contributed by atoms with Crippen molar-refractivity contribution in [3.05, 3.63) is 48.3 Å². The number of hydrogen-bond acceptors (Lipinski definition) is 7.